The maximum Gasteiger partial charge on any atom is 0.256 e. The Balaban J connectivity index is 2.19. The highest BCUT2D eigenvalue weighted by Gasteiger charge is 2.10. The van der Waals surface area contributed by atoms with Gasteiger partial charge in [0.2, 0.25) is 0 Å². The predicted octanol–water partition coefficient (Wildman–Crippen LogP) is 3.29. The molecule has 0 fully saturated rings. The average molecular weight is 284 g/mol. The van der Waals surface area contributed by atoms with Crippen molar-refractivity contribution in [2.75, 3.05) is 5.32 Å². The monoisotopic (exact) mass is 283 g/mol. The number of anilines is 1. The summed E-state index contributed by atoms with van der Waals surface area (Å²) >= 11 is 11.6. The fourth-order valence-electron chi connectivity index (χ4n) is 1.45. The van der Waals surface area contributed by atoms with Gasteiger partial charge in [-0.25, -0.2) is 0 Å². The summed E-state index contributed by atoms with van der Waals surface area (Å²) in [5, 5.41) is 7.60. The Kier molecular flexibility index (Phi) is 3.59. The molecule has 0 saturated heterocycles. The first-order valence-corrected chi connectivity index (χ1v) is 6.00. The van der Waals surface area contributed by atoms with Crippen LogP contribution in [0.25, 0.3) is 0 Å². The summed E-state index contributed by atoms with van der Waals surface area (Å²) in [5.74, 6) is 0.234. The largest absolute Gasteiger partial charge is 0.305 e. The summed E-state index contributed by atoms with van der Waals surface area (Å²) in [7, 11) is 1.81. The Morgan fingerprint density at radius 2 is 2.00 bits per heavy atom. The number of rotatable bonds is 2. The van der Waals surface area contributed by atoms with E-state index < -0.39 is 0 Å². The van der Waals surface area contributed by atoms with Crippen LogP contribution in [0.4, 0.5) is 5.82 Å². The van der Waals surface area contributed by atoms with Crippen molar-refractivity contribution in [3.05, 3.63) is 45.6 Å². The van der Waals surface area contributed by atoms with Gasteiger partial charge in [-0.15, -0.1) is 0 Å². The molecule has 1 amide bonds. The normalized spacial score (nSPS) is 10.4. The first-order valence-electron chi connectivity index (χ1n) is 5.24. The highest BCUT2D eigenvalue weighted by molar-refractivity contribution is 6.42. The van der Waals surface area contributed by atoms with E-state index in [1.54, 1.807) is 22.9 Å². The van der Waals surface area contributed by atoms with Gasteiger partial charge in [0.15, 0.2) is 5.82 Å². The quantitative estimate of drug-likeness (QED) is 0.919. The van der Waals surface area contributed by atoms with Crippen LogP contribution in [0.3, 0.4) is 0 Å². The van der Waals surface area contributed by atoms with Crippen molar-refractivity contribution in [2.24, 2.45) is 7.05 Å². The third-order valence-electron chi connectivity index (χ3n) is 2.54. The minimum atomic E-state index is -0.272. The number of aromatic nitrogens is 2. The maximum absolute atomic E-state index is 11.9. The van der Waals surface area contributed by atoms with Crippen molar-refractivity contribution in [1.29, 1.82) is 0 Å². The van der Waals surface area contributed by atoms with Gasteiger partial charge in [0.1, 0.15) is 0 Å². The molecule has 94 valence electrons. The average Bonchev–Trinajstić information content (AvgIpc) is 2.61. The van der Waals surface area contributed by atoms with E-state index in [9.17, 15) is 4.79 Å². The van der Waals surface area contributed by atoms with Crippen molar-refractivity contribution in [3.63, 3.8) is 0 Å². The molecule has 1 heterocycles. The van der Waals surface area contributed by atoms with Crippen molar-refractivity contribution in [1.82, 2.24) is 9.78 Å². The molecular formula is C12H11Cl2N3O. The third-order valence-corrected chi connectivity index (χ3v) is 3.28. The van der Waals surface area contributed by atoms with E-state index >= 15 is 0 Å². The van der Waals surface area contributed by atoms with Gasteiger partial charge in [-0.1, -0.05) is 23.2 Å². The molecule has 0 unspecified atom stereocenters. The second-order valence-corrected chi connectivity index (χ2v) is 4.69. The number of carbonyl (C=O) groups excluding carboxylic acids is 1. The number of benzene rings is 1. The van der Waals surface area contributed by atoms with Crippen LogP contribution in [0, 0.1) is 6.92 Å². The summed E-state index contributed by atoms with van der Waals surface area (Å²) < 4.78 is 1.68. The Morgan fingerprint density at radius 1 is 1.28 bits per heavy atom. The lowest BCUT2D eigenvalue weighted by Gasteiger charge is -2.03. The molecule has 0 spiro atoms. The number of halogens is 2. The predicted molar refractivity (Wildman–Crippen MR) is 72.4 cm³/mol. The molecular weight excluding hydrogens is 273 g/mol. The van der Waals surface area contributed by atoms with Gasteiger partial charge < -0.3 is 5.32 Å². The van der Waals surface area contributed by atoms with Crippen LogP contribution in [0.2, 0.25) is 10.0 Å². The molecule has 0 radical (unpaired) electrons. The molecule has 2 aromatic rings. The summed E-state index contributed by atoms with van der Waals surface area (Å²) in [6, 6.07) is 6.51. The number of nitrogens with zero attached hydrogens (tertiary/aromatic N) is 2. The molecule has 4 nitrogen and oxygen atoms in total. The Hall–Kier alpha value is -1.52. The van der Waals surface area contributed by atoms with Crippen molar-refractivity contribution >= 4 is 34.9 Å². The van der Waals surface area contributed by atoms with E-state index in [0.29, 0.717) is 21.4 Å². The Bertz CT molecular complexity index is 588. The van der Waals surface area contributed by atoms with Crippen LogP contribution in [-0.4, -0.2) is 15.7 Å². The van der Waals surface area contributed by atoms with Crippen molar-refractivity contribution < 1.29 is 4.79 Å². The molecule has 1 aromatic carbocycles. The molecule has 0 aliphatic rings. The zero-order chi connectivity index (χ0) is 13.3. The standard InChI is InChI=1S/C12H11Cl2N3O/c1-7-5-11(16-17(7)2)15-12(18)8-3-4-9(13)10(14)6-8/h3-6H,1-2H3,(H,15,16,18). The molecule has 2 rings (SSSR count). The minimum absolute atomic E-state index is 0.272. The second-order valence-electron chi connectivity index (χ2n) is 3.88. The second kappa shape index (κ2) is 5.00. The summed E-state index contributed by atoms with van der Waals surface area (Å²) in [6.45, 7) is 1.90. The first-order chi connectivity index (χ1) is 8.47. The van der Waals surface area contributed by atoms with E-state index in [0.717, 1.165) is 5.69 Å². The number of aryl methyl sites for hydroxylation is 2. The minimum Gasteiger partial charge on any atom is -0.305 e. The molecule has 0 aliphatic carbocycles. The molecule has 0 bridgehead atoms. The smallest absolute Gasteiger partial charge is 0.256 e. The van der Waals surface area contributed by atoms with E-state index in [2.05, 4.69) is 10.4 Å². The van der Waals surface area contributed by atoms with Gasteiger partial charge >= 0.3 is 0 Å². The lowest BCUT2D eigenvalue weighted by atomic mass is 10.2. The Morgan fingerprint density at radius 3 is 2.56 bits per heavy atom. The fourth-order valence-corrected chi connectivity index (χ4v) is 1.75. The Labute approximate surface area is 115 Å². The van der Waals surface area contributed by atoms with Crippen LogP contribution in [-0.2, 0) is 7.05 Å². The third kappa shape index (κ3) is 2.66. The summed E-state index contributed by atoms with van der Waals surface area (Å²) in [4.78, 5) is 11.9. The highest BCUT2D eigenvalue weighted by Crippen LogP contribution is 2.23. The van der Waals surface area contributed by atoms with Gasteiger partial charge in [0.25, 0.3) is 5.91 Å². The molecule has 0 saturated carbocycles. The lowest BCUT2D eigenvalue weighted by Crippen LogP contribution is -2.12. The van der Waals surface area contributed by atoms with Crippen LogP contribution in [0.5, 0.6) is 0 Å². The van der Waals surface area contributed by atoms with Crippen molar-refractivity contribution in [2.45, 2.75) is 6.92 Å². The number of carbonyl (C=O) groups is 1. The van der Waals surface area contributed by atoms with Crippen LogP contribution < -0.4 is 5.32 Å². The van der Waals surface area contributed by atoms with Crippen LogP contribution in [0.15, 0.2) is 24.3 Å². The first kappa shape index (κ1) is 12.9. The number of amides is 1. The lowest BCUT2D eigenvalue weighted by molar-refractivity contribution is 0.102. The van der Waals surface area contributed by atoms with Crippen molar-refractivity contribution in [3.8, 4) is 0 Å². The molecule has 0 aliphatic heterocycles. The van der Waals surface area contributed by atoms with Gasteiger partial charge in [0, 0.05) is 24.4 Å². The number of nitrogens with one attached hydrogen (secondary N) is 1. The molecule has 1 N–H and O–H groups in total. The number of hydrogen-bond acceptors (Lipinski definition) is 2. The zero-order valence-electron chi connectivity index (χ0n) is 9.87. The van der Waals surface area contributed by atoms with Gasteiger partial charge in [-0.05, 0) is 25.1 Å². The van der Waals surface area contributed by atoms with E-state index in [1.165, 1.54) is 6.07 Å². The SMILES string of the molecule is Cc1cc(NC(=O)c2ccc(Cl)c(Cl)c2)nn1C. The van der Waals surface area contributed by atoms with Gasteiger partial charge in [0.05, 0.1) is 10.0 Å². The highest BCUT2D eigenvalue weighted by atomic mass is 35.5. The molecule has 1 aromatic heterocycles. The molecule has 6 heteroatoms. The van der Waals surface area contributed by atoms with E-state index in [1.807, 2.05) is 14.0 Å². The van der Waals surface area contributed by atoms with Gasteiger partial charge in [-0.2, -0.15) is 5.10 Å². The van der Waals surface area contributed by atoms with E-state index in [-0.39, 0.29) is 5.91 Å². The van der Waals surface area contributed by atoms with Gasteiger partial charge in [-0.3, -0.25) is 9.48 Å². The van der Waals surface area contributed by atoms with Crippen LogP contribution >= 0.6 is 23.2 Å². The molecule has 0 atom stereocenters. The summed E-state index contributed by atoms with van der Waals surface area (Å²) in [6.07, 6.45) is 0. The van der Waals surface area contributed by atoms with E-state index in [4.69, 9.17) is 23.2 Å². The molecule has 18 heavy (non-hydrogen) atoms. The van der Waals surface area contributed by atoms with Crippen LogP contribution in [0.1, 0.15) is 16.1 Å². The topological polar surface area (TPSA) is 46.9 Å². The zero-order valence-corrected chi connectivity index (χ0v) is 11.4. The fraction of sp³-hybridized carbons (Fsp3) is 0.167. The maximum atomic E-state index is 11.9. The number of hydrogen-bond donors (Lipinski definition) is 1. The summed E-state index contributed by atoms with van der Waals surface area (Å²) in [5.41, 5.74) is 1.40.